The van der Waals surface area contributed by atoms with E-state index in [0.29, 0.717) is 25.2 Å². The number of aliphatic hydroxyl groups excluding tert-OH is 1. The van der Waals surface area contributed by atoms with Crippen molar-refractivity contribution in [3.05, 3.63) is 70.3 Å². The molecule has 0 fully saturated rings. The lowest BCUT2D eigenvalue weighted by Crippen LogP contribution is -2.23. The summed E-state index contributed by atoms with van der Waals surface area (Å²) in [6.07, 6.45) is 7.50. The smallest absolute Gasteiger partial charge is 0.0720 e. The van der Waals surface area contributed by atoms with Crippen molar-refractivity contribution in [2.75, 3.05) is 13.2 Å². The average molecular weight is 382 g/mol. The minimum Gasteiger partial charge on any atom is -0.396 e. The molecule has 0 bridgehead atoms. The monoisotopic (exact) mass is 381 g/mol. The second-order valence-electron chi connectivity index (χ2n) is 8.03. The first kappa shape index (κ1) is 21.0. The highest BCUT2D eigenvalue weighted by atomic mass is 16.5. The van der Waals surface area contributed by atoms with E-state index in [9.17, 15) is 0 Å². The van der Waals surface area contributed by atoms with E-state index < -0.39 is 0 Å². The molecule has 0 amide bonds. The molecule has 2 aromatic rings. The van der Waals surface area contributed by atoms with Crippen LogP contribution in [0.2, 0.25) is 0 Å². The molecule has 3 heteroatoms. The van der Waals surface area contributed by atoms with Crippen LogP contribution >= 0.6 is 0 Å². The van der Waals surface area contributed by atoms with Crippen molar-refractivity contribution in [3.63, 3.8) is 0 Å². The number of hydrogen-bond donors (Lipinski definition) is 2. The van der Waals surface area contributed by atoms with Crippen LogP contribution in [0.3, 0.4) is 0 Å². The van der Waals surface area contributed by atoms with Crippen molar-refractivity contribution in [3.8, 4) is 0 Å². The zero-order valence-corrected chi connectivity index (χ0v) is 17.2. The molecule has 0 unspecified atom stereocenters. The molecule has 2 aromatic carbocycles. The lowest BCUT2D eigenvalue weighted by atomic mass is 9.85. The number of hydrogen-bond acceptors (Lipinski definition) is 3. The Morgan fingerprint density at radius 3 is 2.57 bits per heavy atom. The Bertz CT molecular complexity index is 726. The molecular formula is C25H35NO2. The van der Waals surface area contributed by atoms with E-state index in [1.165, 1.54) is 27.8 Å². The van der Waals surface area contributed by atoms with Gasteiger partial charge in [-0.3, -0.25) is 0 Å². The van der Waals surface area contributed by atoms with Crippen LogP contribution in [-0.2, 0) is 30.6 Å². The maximum Gasteiger partial charge on any atom is 0.0720 e. The van der Waals surface area contributed by atoms with Gasteiger partial charge in [-0.05, 0) is 78.8 Å². The molecule has 3 rings (SSSR count). The molecule has 0 heterocycles. The predicted molar refractivity (Wildman–Crippen MR) is 116 cm³/mol. The second kappa shape index (κ2) is 10.8. The Morgan fingerprint density at radius 2 is 1.86 bits per heavy atom. The largest absolute Gasteiger partial charge is 0.396 e. The molecule has 0 aliphatic heterocycles. The van der Waals surface area contributed by atoms with Gasteiger partial charge in [0, 0.05) is 6.61 Å². The average Bonchev–Trinajstić information content (AvgIpc) is 2.75. The molecule has 1 aliphatic rings. The quantitative estimate of drug-likeness (QED) is 0.595. The SMILES string of the molecule is CCc1ccc(CO[C@@H]2CCc3cc([C@H](CN)CCCCO)ccc3C2)cc1. The van der Waals surface area contributed by atoms with E-state index in [4.69, 9.17) is 15.6 Å². The van der Waals surface area contributed by atoms with Gasteiger partial charge in [-0.25, -0.2) is 0 Å². The van der Waals surface area contributed by atoms with Gasteiger partial charge in [0.15, 0.2) is 0 Å². The Labute approximate surface area is 169 Å². The Morgan fingerprint density at radius 1 is 1.07 bits per heavy atom. The summed E-state index contributed by atoms with van der Waals surface area (Å²) in [6.45, 7) is 3.82. The van der Waals surface area contributed by atoms with Gasteiger partial charge >= 0.3 is 0 Å². The zero-order chi connectivity index (χ0) is 19.8. The van der Waals surface area contributed by atoms with E-state index in [2.05, 4.69) is 49.4 Å². The summed E-state index contributed by atoms with van der Waals surface area (Å²) in [5.74, 6) is 0.400. The van der Waals surface area contributed by atoms with E-state index in [1.54, 1.807) is 0 Å². The molecule has 1 aliphatic carbocycles. The molecule has 3 nitrogen and oxygen atoms in total. The molecule has 0 radical (unpaired) electrons. The summed E-state index contributed by atoms with van der Waals surface area (Å²) in [5.41, 5.74) is 12.9. The summed E-state index contributed by atoms with van der Waals surface area (Å²) < 4.78 is 6.22. The molecule has 3 N–H and O–H groups in total. The lowest BCUT2D eigenvalue weighted by Gasteiger charge is -2.26. The van der Waals surface area contributed by atoms with Crippen LogP contribution in [0.25, 0.3) is 0 Å². The van der Waals surface area contributed by atoms with E-state index >= 15 is 0 Å². The van der Waals surface area contributed by atoms with Gasteiger partial charge < -0.3 is 15.6 Å². The molecule has 28 heavy (non-hydrogen) atoms. The van der Waals surface area contributed by atoms with Crippen molar-refractivity contribution < 1.29 is 9.84 Å². The topological polar surface area (TPSA) is 55.5 Å². The second-order valence-corrected chi connectivity index (χ2v) is 8.03. The van der Waals surface area contributed by atoms with Gasteiger partial charge in [0.05, 0.1) is 12.7 Å². The van der Waals surface area contributed by atoms with E-state index in [-0.39, 0.29) is 6.61 Å². The van der Waals surface area contributed by atoms with Gasteiger partial charge in [-0.1, -0.05) is 55.8 Å². The van der Waals surface area contributed by atoms with Crippen LogP contribution < -0.4 is 5.73 Å². The van der Waals surface area contributed by atoms with Crippen molar-refractivity contribution in [2.45, 2.75) is 70.5 Å². The molecule has 0 aromatic heterocycles. The summed E-state index contributed by atoms with van der Waals surface area (Å²) in [7, 11) is 0. The summed E-state index contributed by atoms with van der Waals surface area (Å²) in [4.78, 5) is 0. The van der Waals surface area contributed by atoms with Gasteiger partial charge in [-0.15, -0.1) is 0 Å². The number of aliphatic hydroxyl groups is 1. The molecule has 0 saturated carbocycles. The summed E-state index contributed by atoms with van der Waals surface area (Å²) in [6, 6.07) is 15.7. The number of unbranched alkanes of at least 4 members (excludes halogenated alkanes) is 1. The number of ether oxygens (including phenoxy) is 1. The van der Waals surface area contributed by atoms with Crippen LogP contribution in [0, 0.1) is 0 Å². The first-order chi connectivity index (χ1) is 13.7. The maximum absolute atomic E-state index is 9.00. The fourth-order valence-corrected chi connectivity index (χ4v) is 4.15. The lowest BCUT2D eigenvalue weighted by molar-refractivity contribution is 0.0319. The Hall–Kier alpha value is -1.68. The normalized spacial score (nSPS) is 17.3. The van der Waals surface area contributed by atoms with Crippen LogP contribution in [-0.4, -0.2) is 24.4 Å². The first-order valence-corrected chi connectivity index (χ1v) is 10.9. The van der Waals surface area contributed by atoms with Gasteiger partial charge in [0.2, 0.25) is 0 Å². The number of aryl methyl sites for hydroxylation is 2. The third kappa shape index (κ3) is 5.66. The van der Waals surface area contributed by atoms with Gasteiger partial charge in [0.1, 0.15) is 0 Å². The number of fused-ring (bicyclic) bond motifs is 1. The summed E-state index contributed by atoms with van der Waals surface area (Å²) >= 11 is 0. The number of rotatable bonds is 10. The molecule has 0 spiro atoms. The minimum atomic E-state index is 0.269. The van der Waals surface area contributed by atoms with Crippen LogP contribution in [0.15, 0.2) is 42.5 Å². The highest BCUT2D eigenvalue weighted by molar-refractivity contribution is 5.36. The van der Waals surface area contributed by atoms with E-state index in [0.717, 1.165) is 44.9 Å². The Kier molecular flexibility index (Phi) is 8.08. The first-order valence-electron chi connectivity index (χ1n) is 10.9. The third-order valence-electron chi connectivity index (χ3n) is 6.05. The molecule has 0 saturated heterocycles. The molecule has 2 atom stereocenters. The molecule has 152 valence electrons. The standard InChI is InChI=1S/C25H35NO2/c1-2-19-6-8-20(9-7-19)18-28-25-13-12-21-15-22(10-11-23(21)16-25)24(17-26)5-3-4-14-27/h6-11,15,24-25,27H,2-5,12-14,16-18,26H2,1H3/t24-,25+/m0/s1. The molecular weight excluding hydrogens is 346 g/mol. The zero-order valence-electron chi connectivity index (χ0n) is 17.2. The van der Waals surface area contributed by atoms with Crippen molar-refractivity contribution in [1.29, 1.82) is 0 Å². The number of nitrogens with two attached hydrogens (primary N) is 1. The summed E-state index contributed by atoms with van der Waals surface area (Å²) in [5, 5.41) is 9.00. The van der Waals surface area contributed by atoms with Gasteiger partial charge in [0.25, 0.3) is 0 Å². The van der Waals surface area contributed by atoms with Crippen molar-refractivity contribution in [2.24, 2.45) is 5.73 Å². The maximum atomic E-state index is 9.00. The van der Waals surface area contributed by atoms with Crippen LogP contribution in [0.5, 0.6) is 0 Å². The number of benzene rings is 2. The third-order valence-corrected chi connectivity index (χ3v) is 6.05. The Balaban J connectivity index is 1.55. The van der Waals surface area contributed by atoms with Crippen molar-refractivity contribution >= 4 is 0 Å². The fourth-order valence-electron chi connectivity index (χ4n) is 4.15. The van der Waals surface area contributed by atoms with Crippen molar-refractivity contribution in [1.82, 2.24) is 0 Å². The fraction of sp³-hybridized carbons (Fsp3) is 0.520. The highest BCUT2D eigenvalue weighted by Crippen LogP contribution is 2.29. The van der Waals surface area contributed by atoms with Crippen LogP contribution in [0.4, 0.5) is 0 Å². The highest BCUT2D eigenvalue weighted by Gasteiger charge is 2.21. The van der Waals surface area contributed by atoms with Gasteiger partial charge in [-0.2, -0.15) is 0 Å². The van der Waals surface area contributed by atoms with Crippen LogP contribution in [0.1, 0.15) is 66.3 Å². The minimum absolute atomic E-state index is 0.269. The van der Waals surface area contributed by atoms with E-state index in [1.807, 2.05) is 0 Å². The predicted octanol–water partition coefficient (Wildman–Crippen LogP) is 4.53.